The number of nitrogens with two attached hydrogens (primary N) is 1. The molecule has 0 fully saturated rings. The fourth-order valence-electron chi connectivity index (χ4n) is 1.66. The first-order valence-electron chi connectivity index (χ1n) is 5.38. The molecule has 4 heteroatoms. The van der Waals surface area contributed by atoms with Gasteiger partial charge in [-0.25, -0.2) is 0 Å². The van der Waals surface area contributed by atoms with Gasteiger partial charge in [-0.05, 0) is 37.6 Å². The van der Waals surface area contributed by atoms with Crippen LogP contribution in [0.2, 0.25) is 0 Å². The van der Waals surface area contributed by atoms with Gasteiger partial charge in [0, 0.05) is 25.0 Å². The minimum Gasteiger partial charge on any atom is -0.399 e. The van der Waals surface area contributed by atoms with Crippen LogP contribution >= 0.6 is 0 Å². The third-order valence-corrected chi connectivity index (χ3v) is 2.39. The van der Waals surface area contributed by atoms with Crippen molar-refractivity contribution in [1.29, 1.82) is 0 Å². The van der Waals surface area contributed by atoms with Crippen LogP contribution in [-0.2, 0) is 4.79 Å². The summed E-state index contributed by atoms with van der Waals surface area (Å²) in [5.41, 5.74) is 8.53. The molecule has 88 valence electrons. The van der Waals surface area contributed by atoms with E-state index in [0.29, 0.717) is 13.1 Å². The second kappa shape index (κ2) is 5.39. The Balaban J connectivity index is 2.72. The summed E-state index contributed by atoms with van der Waals surface area (Å²) in [4.78, 5) is 13.3. The van der Waals surface area contributed by atoms with Crippen LogP contribution in [-0.4, -0.2) is 26.0 Å². The van der Waals surface area contributed by atoms with Crippen molar-refractivity contribution < 1.29 is 4.79 Å². The first kappa shape index (κ1) is 12.4. The molecule has 0 aromatic heterocycles. The molecule has 1 aromatic rings. The predicted molar refractivity (Wildman–Crippen MR) is 67.5 cm³/mol. The lowest BCUT2D eigenvalue weighted by Gasteiger charge is -2.20. The number of carbonyl (C=O) groups is 1. The summed E-state index contributed by atoms with van der Waals surface area (Å²) in [5, 5.41) is 2.77. The van der Waals surface area contributed by atoms with Crippen LogP contribution in [0.5, 0.6) is 0 Å². The van der Waals surface area contributed by atoms with Crippen LogP contribution in [0.3, 0.4) is 0 Å². The molecule has 0 heterocycles. The van der Waals surface area contributed by atoms with Crippen LogP contribution < -0.4 is 16.0 Å². The third kappa shape index (κ3) is 3.15. The molecule has 1 aromatic carbocycles. The van der Waals surface area contributed by atoms with E-state index in [2.05, 4.69) is 5.32 Å². The molecule has 0 saturated carbocycles. The number of rotatable bonds is 4. The van der Waals surface area contributed by atoms with Gasteiger partial charge >= 0.3 is 0 Å². The van der Waals surface area contributed by atoms with E-state index in [1.807, 2.05) is 44.0 Å². The van der Waals surface area contributed by atoms with Crippen molar-refractivity contribution >= 4 is 17.3 Å². The number of nitrogens with one attached hydrogen (secondary N) is 1. The van der Waals surface area contributed by atoms with Crippen molar-refractivity contribution in [3.63, 3.8) is 0 Å². The molecule has 0 spiro atoms. The normalized spacial score (nSPS) is 9.94. The highest BCUT2D eigenvalue weighted by molar-refractivity contribution is 5.81. The number of nitrogen functional groups attached to an aromatic ring is 1. The highest BCUT2D eigenvalue weighted by Gasteiger charge is 2.08. The number of hydrogen-bond donors (Lipinski definition) is 2. The van der Waals surface area contributed by atoms with Crippen molar-refractivity contribution in [2.24, 2.45) is 0 Å². The van der Waals surface area contributed by atoms with Gasteiger partial charge in [0.25, 0.3) is 0 Å². The molecular formula is C12H19N3O. The van der Waals surface area contributed by atoms with Gasteiger partial charge in [-0.3, -0.25) is 4.79 Å². The summed E-state index contributed by atoms with van der Waals surface area (Å²) in [7, 11) is 1.90. The second-order valence-electron chi connectivity index (χ2n) is 3.86. The maximum Gasteiger partial charge on any atom is 0.239 e. The lowest BCUT2D eigenvalue weighted by molar-refractivity contribution is -0.119. The molecule has 0 saturated heterocycles. The third-order valence-electron chi connectivity index (χ3n) is 2.39. The summed E-state index contributed by atoms with van der Waals surface area (Å²) in [6.45, 7) is 4.91. The van der Waals surface area contributed by atoms with Crippen LogP contribution in [0.15, 0.2) is 18.2 Å². The Morgan fingerprint density at radius 3 is 2.75 bits per heavy atom. The van der Waals surface area contributed by atoms with Gasteiger partial charge in [-0.15, -0.1) is 0 Å². The standard InChI is InChI=1S/C12H19N3O/c1-4-14-12(16)8-15(3)11-6-5-10(13)7-9(11)2/h5-7H,4,8,13H2,1-3H3,(H,14,16). The van der Waals surface area contributed by atoms with E-state index in [1.165, 1.54) is 0 Å². The van der Waals surface area contributed by atoms with Crippen LogP contribution in [0.1, 0.15) is 12.5 Å². The highest BCUT2D eigenvalue weighted by atomic mass is 16.1. The number of aryl methyl sites for hydroxylation is 1. The van der Waals surface area contributed by atoms with Gasteiger partial charge in [-0.2, -0.15) is 0 Å². The Morgan fingerprint density at radius 2 is 2.19 bits per heavy atom. The molecule has 1 rings (SSSR count). The molecule has 16 heavy (non-hydrogen) atoms. The number of nitrogens with zero attached hydrogens (tertiary/aromatic N) is 1. The fraction of sp³-hybridized carbons (Fsp3) is 0.417. The number of benzene rings is 1. The molecule has 3 N–H and O–H groups in total. The monoisotopic (exact) mass is 221 g/mol. The van der Waals surface area contributed by atoms with Crippen LogP contribution in [0, 0.1) is 6.92 Å². The minimum atomic E-state index is 0.0289. The van der Waals surface area contributed by atoms with Gasteiger partial charge in [0.05, 0.1) is 6.54 Å². The zero-order chi connectivity index (χ0) is 12.1. The maximum atomic E-state index is 11.4. The Labute approximate surface area is 96.4 Å². The highest BCUT2D eigenvalue weighted by Crippen LogP contribution is 2.20. The van der Waals surface area contributed by atoms with E-state index in [-0.39, 0.29) is 5.91 Å². The van der Waals surface area contributed by atoms with Gasteiger partial charge < -0.3 is 16.0 Å². The average molecular weight is 221 g/mol. The van der Waals surface area contributed by atoms with Gasteiger partial charge in [0.15, 0.2) is 0 Å². The van der Waals surface area contributed by atoms with Gasteiger partial charge in [0.1, 0.15) is 0 Å². The van der Waals surface area contributed by atoms with Gasteiger partial charge in [0.2, 0.25) is 5.91 Å². The number of anilines is 2. The van der Waals surface area contributed by atoms with Gasteiger partial charge in [-0.1, -0.05) is 0 Å². The van der Waals surface area contributed by atoms with Crippen molar-refractivity contribution in [3.05, 3.63) is 23.8 Å². The van der Waals surface area contributed by atoms with E-state index in [1.54, 1.807) is 0 Å². The fourth-order valence-corrected chi connectivity index (χ4v) is 1.66. The molecule has 0 unspecified atom stereocenters. The van der Waals surface area contributed by atoms with Crippen LogP contribution in [0.4, 0.5) is 11.4 Å². The van der Waals surface area contributed by atoms with Crippen molar-refractivity contribution in [1.82, 2.24) is 5.32 Å². The number of carbonyl (C=O) groups excluding carboxylic acids is 1. The summed E-state index contributed by atoms with van der Waals surface area (Å²) in [6.07, 6.45) is 0. The number of likely N-dealkylation sites (N-methyl/N-ethyl adjacent to an activating group) is 2. The molecular weight excluding hydrogens is 202 g/mol. The predicted octanol–water partition coefficient (Wildman–Crippen LogP) is 1.15. The summed E-state index contributed by atoms with van der Waals surface area (Å²) in [5.74, 6) is 0.0289. The first-order chi connectivity index (χ1) is 7.54. The zero-order valence-electron chi connectivity index (χ0n) is 10.1. The van der Waals surface area contributed by atoms with Crippen molar-refractivity contribution in [2.45, 2.75) is 13.8 Å². The Hall–Kier alpha value is -1.71. The quantitative estimate of drug-likeness (QED) is 0.750. The minimum absolute atomic E-state index is 0.0289. The summed E-state index contributed by atoms with van der Waals surface area (Å²) in [6, 6.07) is 5.68. The topological polar surface area (TPSA) is 58.4 Å². The SMILES string of the molecule is CCNC(=O)CN(C)c1ccc(N)cc1C. The number of amides is 1. The van der Waals surface area contributed by atoms with Crippen LogP contribution in [0.25, 0.3) is 0 Å². The lowest BCUT2D eigenvalue weighted by Crippen LogP contribution is -2.35. The lowest BCUT2D eigenvalue weighted by atomic mass is 10.1. The van der Waals surface area contributed by atoms with E-state index in [0.717, 1.165) is 16.9 Å². The van der Waals surface area contributed by atoms with Crippen molar-refractivity contribution in [2.75, 3.05) is 30.8 Å². The second-order valence-corrected chi connectivity index (χ2v) is 3.86. The van der Waals surface area contributed by atoms with E-state index in [9.17, 15) is 4.79 Å². The first-order valence-corrected chi connectivity index (χ1v) is 5.38. The molecule has 0 aliphatic rings. The molecule has 0 aliphatic carbocycles. The number of hydrogen-bond acceptors (Lipinski definition) is 3. The van der Waals surface area contributed by atoms with E-state index in [4.69, 9.17) is 5.73 Å². The van der Waals surface area contributed by atoms with Crippen molar-refractivity contribution in [3.8, 4) is 0 Å². The molecule has 1 amide bonds. The Bertz CT molecular complexity index is 377. The summed E-state index contributed by atoms with van der Waals surface area (Å²) < 4.78 is 0. The smallest absolute Gasteiger partial charge is 0.239 e. The Kier molecular flexibility index (Phi) is 4.17. The largest absolute Gasteiger partial charge is 0.399 e. The average Bonchev–Trinajstić information content (AvgIpc) is 2.17. The molecule has 4 nitrogen and oxygen atoms in total. The molecule has 0 radical (unpaired) electrons. The van der Waals surface area contributed by atoms with E-state index < -0.39 is 0 Å². The molecule has 0 bridgehead atoms. The molecule has 0 atom stereocenters. The Morgan fingerprint density at radius 1 is 1.50 bits per heavy atom. The molecule has 0 aliphatic heterocycles. The maximum absolute atomic E-state index is 11.4. The summed E-state index contributed by atoms with van der Waals surface area (Å²) >= 11 is 0. The zero-order valence-corrected chi connectivity index (χ0v) is 10.1. The van der Waals surface area contributed by atoms with E-state index >= 15 is 0 Å².